The number of carboxylic acid groups (broad SMARTS) is 1. The second-order valence-corrected chi connectivity index (χ2v) is 6.52. The molecule has 3 heteroatoms. The molecule has 0 amide bonds. The van der Waals surface area contributed by atoms with Crippen LogP contribution in [-0.4, -0.2) is 35.1 Å². The monoisotopic (exact) mass is 267 g/mol. The average molecular weight is 267 g/mol. The molecule has 0 aromatic rings. The van der Waals surface area contributed by atoms with Crippen LogP contribution in [0.25, 0.3) is 0 Å². The minimum atomic E-state index is -0.601. The Morgan fingerprint density at radius 2 is 1.79 bits per heavy atom. The molecule has 1 aliphatic heterocycles. The quantitative estimate of drug-likeness (QED) is 0.828. The van der Waals surface area contributed by atoms with E-state index < -0.39 is 11.4 Å². The Kier molecular flexibility index (Phi) is 4.88. The maximum Gasteiger partial charge on any atom is 0.310 e. The molecular formula is C16H29NO2. The number of hydrogen-bond donors (Lipinski definition) is 1. The molecule has 0 radical (unpaired) electrons. The zero-order valence-electron chi connectivity index (χ0n) is 12.5. The lowest BCUT2D eigenvalue weighted by Crippen LogP contribution is -2.52. The molecule has 1 N–H and O–H groups in total. The Hall–Kier alpha value is -0.570. The summed E-state index contributed by atoms with van der Waals surface area (Å²) in [5.74, 6) is 0.234. The summed E-state index contributed by atoms with van der Waals surface area (Å²) in [4.78, 5) is 14.2. The molecule has 0 bridgehead atoms. The SMILES string of the molecule is CCC(CC)(CN1CCCC2CCCCC21)C(=O)O. The smallest absolute Gasteiger partial charge is 0.310 e. The van der Waals surface area contributed by atoms with Crippen molar-refractivity contribution in [3.05, 3.63) is 0 Å². The molecule has 0 aromatic carbocycles. The third kappa shape index (κ3) is 2.96. The lowest BCUT2D eigenvalue weighted by Gasteiger charge is -2.47. The number of likely N-dealkylation sites (tertiary alicyclic amines) is 1. The summed E-state index contributed by atoms with van der Waals surface area (Å²) >= 11 is 0. The highest BCUT2D eigenvalue weighted by molar-refractivity contribution is 5.74. The van der Waals surface area contributed by atoms with Gasteiger partial charge in [0.25, 0.3) is 0 Å². The second-order valence-electron chi connectivity index (χ2n) is 6.52. The van der Waals surface area contributed by atoms with Gasteiger partial charge in [0, 0.05) is 12.6 Å². The highest BCUT2D eigenvalue weighted by Crippen LogP contribution is 2.38. The number of hydrogen-bond acceptors (Lipinski definition) is 2. The summed E-state index contributed by atoms with van der Waals surface area (Å²) in [6.07, 6.45) is 9.45. The van der Waals surface area contributed by atoms with Gasteiger partial charge < -0.3 is 5.11 Å². The fraction of sp³-hybridized carbons (Fsp3) is 0.938. The van der Waals surface area contributed by atoms with Gasteiger partial charge in [0.2, 0.25) is 0 Å². The number of aliphatic carboxylic acids is 1. The Morgan fingerprint density at radius 3 is 2.42 bits per heavy atom. The highest BCUT2D eigenvalue weighted by atomic mass is 16.4. The van der Waals surface area contributed by atoms with Gasteiger partial charge in [-0.3, -0.25) is 9.69 Å². The number of carbonyl (C=O) groups is 1. The first kappa shape index (κ1) is 14.8. The molecule has 2 fully saturated rings. The van der Waals surface area contributed by atoms with Gasteiger partial charge >= 0.3 is 5.97 Å². The van der Waals surface area contributed by atoms with Crippen molar-refractivity contribution >= 4 is 5.97 Å². The van der Waals surface area contributed by atoms with Gasteiger partial charge in [-0.1, -0.05) is 26.7 Å². The molecule has 110 valence electrons. The van der Waals surface area contributed by atoms with E-state index in [0.717, 1.165) is 31.8 Å². The topological polar surface area (TPSA) is 40.5 Å². The molecular weight excluding hydrogens is 238 g/mol. The minimum absolute atomic E-state index is 0.528. The molecule has 0 spiro atoms. The van der Waals surface area contributed by atoms with Crippen LogP contribution in [0.2, 0.25) is 0 Å². The number of nitrogens with zero attached hydrogens (tertiary/aromatic N) is 1. The van der Waals surface area contributed by atoms with Gasteiger partial charge in [-0.05, 0) is 51.0 Å². The fourth-order valence-corrected chi connectivity index (χ4v) is 4.16. The van der Waals surface area contributed by atoms with E-state index in [2.05, 4.69) is 4.90 Å². The molecule has 19 heavy (non-hydrogen) atoms. The average Bonchev–Trinajstić information content (AvgIpc) is 2.44. The van der Waals surface area contributed by atoms with E-state index in [4.69, 9.17) is 0 Å². The van der Waals surface area contributed by atoms with Crippen molar-refractivity contribution in [2.75, 3.05) is 13.1 Å². The van der Waals surface area contributed by atoms with E-state index in [1.54, 1.807) is 0 Å². The van der Waals surface area contributed by atoms with E-state index in [1.807, 2.05) is 13.8 Å². The Morgan fingerprint density at radius 1 is 1.16 bits per heavy atom. The van der Waals surface area contributed by atoms with Crippen LogP contribution in [0.4, 0.5) is 0 Å². The minimum Gasteiger partial charge on any atom is -0.481 e. The van der Waals surface area contributed by atoms with Crippen molar-refractivity contribution in [2.45, 2.75) is 71.3 Å². The summed E-state index contributed by atoms with van der Waals surface area (Å²) in [6, 6.07) is 0.666. The van der Waals surface area contributed by atoms with Gasteiger partial charge in [0.15, 0.2) is 0 Å². The predicted molar refractivity (Wildman–Crippen MR) is 77.2 cm³/mol. The fourth-order valence-electron chi connectivity index (χ4n) is 4.16. The van der Waals surface area contributed by atoms with Gasteiger partial charge in [0.05, 0.1) is 5.41 Å². The summed E-state index contributed by atoms with van der Waals surface area (Å²) < 4.78 is 0. The lowest BCUT2D eigenvalue weighted by atomic mass is 9.75. The van der Waals surface area contributed by atoms with Gasteiger partial charge in [0.1, 0.15) is 0 Å². The van der Waals surface area contributed by atoms with Crippen molar-refractivity contribution in [3.8, 4) is 0 Å². The summed E-state index contributed by atoms with van der Waals surface area (Å²) in [5, 5.41) is 9.62. The van der Waals surface area contributed by atoms with Crippen molar-refractivity contribution in [1.82, 2.24) is 4.90 Å². The zero-order valence-corrected chi connectivity index (χ0v) is 12.5. The Labute approximate surface area is 117 Å². The van der Waals surface area contributed by atoms with E-state index in [1.165, 1.54) is 38.5 Å². The van der Waals surface area contributed by atoms with Crippen molar-refractivity contribution in [1.29, 1.82) is 0 Å². The van der Waals surface area contributed by atoms with Gasteiger partial charge in [-0.15, -0.1) is 0 Å². The lowest BCUT2D eigenvalue weighted by molar-refractivity contribution is -0.152. The molecule has 2 rings (SSSR count). The van der Waals surface area contributed by atoms with Gasteiger partial charge in [-0.25, -0.2) is 0 Å². The van der Waals surface area contributed by atoms with Crippen LogP contribution in [0, 0.1) is 11.3 Å². The number of fused-ring (bicyclic) bond motifs is 1. The van der Waals surface area contributed by atoms with E-state index >= 15 is 0 Å². The first-order valence-corrected chi connectivity index (χ1v) is 8.10. The number of carboxylic acids is 1. The number of piperidine rings is 1. The molecule has 1 saturated heterocycles. The maximum atomic E-state index is 11.7. The van der Waals surface area contributed by atoms with Crippen LogP contribution in [0.1, 0.15) is 65.2 Å². The van der Waals surface area contributed by atoms with Crippen LogP contribution >= 0.6 is 0 Å². The van der Waals surface area contributed by atoms with Crippen molar-refractivity contribution < 1.29 is 9.90 Å². The van der Waals surface area contributed by atoms with Gasteiger partial charge in [-0.2, -0.15) is 0 Å². The van der Waals surface area contributed by atoms with Crippen LogP contribution < -0.4 is 0 Å². The largest absolute Gasteiger partial charge is 0.481 e. The van der Waals surface area contributed by atoms with Crippen LogP contribution in [0.15, 0.2) is 0 Å². The maximum absolute atomic E-state index is 11.7. The normalized spacial score (nSPS) is 28.9. The Bertz CT molecular complexity index is 310. The number of rotatable bonds is 5. The van der Waals surface area contributed by atoms with Crippen molar-refractivity contribution in [2.24, 2.45) is 11.3 Å². The molecule has 1 heterocycles. The highest BCUT2D eigenvalue weighted by Gasteiger charge is 2.41. The van der Waals surface area contributed by atoms with Crippen molar-refractivity contribution in [3.63, 3.8) is 0 Å². The van der Waals surface area contributed by atoms with Crippen LogP contribution in [0.5, 0.6) is 0 Å². The molecule has 1 aliphatic carbocycles. The molecule has 1 saturated carbocycles. The summed E-state index contributed by atoms with van der Waals surface area (Å²) in [5.41, 5.74) is -0.528. The van der Waals surface area contributed by atoms with E-state index in [-0.39, 0.29) is 0 Å². The van der Waals surface area contributed by atoms with Crippen LogP contribution in [-0.2, 0) is 4.79 Å². The third-order valence-corrected chi connectivity index (χ3v) is 5.67. The molecule has 2 atom stereocenters. The standard InChI is InChI=1S/C16H29NO2/c1-3-16(4-2,15(18)19)12-17-11-7-9-13-8-5-6-10-14(13)17/h13-14H,3-12H2,1-2H3,(H,18,19). The predicted octanol–water partition coefficient (Wildman–Crippen LogP) is 3.53. The molecule has 3 nitrogen and oxygen atoms in total. The Balaban J connectivity index is 2.09. The third-order valence-electron chi connectivity index (χ3n) is 5.67. The first-order chi connectivity index (χ1) is 9.13. The second kappa shape index (κ2) is 6.25. The zero-order chi connectivity index (χ0) is 13.9. The first-order valence-electron chi connectivity index (χ1n) is 8.10. The molecule has 0 aromatic heterocycles. The summed E-state index contributed by atoms with van der Waals surface area (Å²) in [6.45, 7) is 5.92. The molecule has 2 unspecified atom stereocenters. The van der Waals surface area contributed by atoms with E-state index in [9.17, 15) is 9.90 Å². The molecule has 2 aliphatic rings. The van der Waals surface area contributed by atoms with Crippen LogP contribution in [0.3, 0.4) is 0 Å². The van der Waals surface area contributed by atoms with E-state index in [0.29, 0.717) is 6.04 Å². The summed E-state index contributed by atoms with van der Waals surface area (Å²) in [7, 11) is 0.